The third-order valence-corrected chi connectivity index (χ3v) is 5.63. The summed E-state index contributed by atoms with van der Waals surface area (Å²) in [4.78, 5) is 9.80. The van der Waals surface area contributed by atoms with E-state index in [1.165, 1.54) is 50.3 Å². The molecule has 0 saturated carbocycles. The number of hydrogen-bond donors (Lipinski definition) is 2. The lowest BCUT2D eigenvalue weighted by Crippen LogP contribution is -2.45. The lowest BCUT2D eigenvalue weighted by atomic mass is 10.1. The Bertz CT molecular complexity index is 589. The van der Waals surface area contributed by atoms with Crippen molar-refractivity contribution in [3.63, 3.8) is 0 Å². The summed E-state index contributed by atoms with van der Waals surface area (Å²) in [7, 11) is 0. The van der Waals surface area contributed by atoms with Crippen LogP contribution in [0.1, 0.15) is 37.8 Å². The molecule has 156 valence electrons. The first-order chi connectivity index (χ1) is 13.8. The summed E-state index contributed by atoms with van der Waals surface area (Å²) in [6.45, 7) is 14.5. The van der Waals surface area contributed by atoms with Crippen molar-refractivity contribution in [3.8, 4) is 0 Å². The number of piperazine rings is 1. The van der Waals surface area contributed by atoms with E-state index in [0.717, 1.165) is 38.6 Å². The van der Waals surface area contributed by atoms with Gasteiger partial charge in [0.2, 0.25) is 0 Å². The molecule has 1 aromatic rings. The van der Waals surface area contributed by atoms with Gasteiger partial charge in [-0.15, -0.1) is 0 Å². The average Bonchev–Trinajstić information content (AvgIpc) is 3.25. The van der Waals surface area contributed by atoms with Crippen molar-refractivity contribution >= 4 is 5.96 Å². The Morgan fingerprint density at radius 1 is 1.04 bits per heavy atom. The van der Waals surface area contributed by atoms with Crippen molar-refractivity contribution in [1.82, 2.24) is 20.4 Å². The number of ether oxygens (including phenoxy) is 1. The van der Waals surface area contributed by atoms with Crippen molar-refractivity contribution in [2.75, 3.05) is 52.4 Å². The van der Waals surface area contributed by atoms with Crippen LogP contribution in [0.4, 0.5) is 0 Å². The fraction of sp³-hybridized carbons (Fsp3) is 0.682. The SMILES string of the molecule is CCNC(=NCc1ccc(CN2CCN(CC)CC2)cc1)NCC1CCCO1. The van der Waals surface area contributed by atoms with Gasteiger partial charge in [-0.3, -0.25) is 4.90 Å². The summed E-state index contributed by atoms with van der Waals surface area (Å²) < 4.78 is 5.68. The van der Waals surface area contributed by atoms with Crippen LogP contribution < -0.4 is 10.6 Å². The van der Waals surface area contributed by atoms with Crippen LogP contribution in [0.3, 0.4) is 0 Å². The molecule has 1 atom stereocenters. The van der Waals surface area contributed by atoms with Crippen LogP contribution in [0.15, 0.2) is 29.3 Å². The van der Waals surface area contributed by atoms with E-state index in [0.29, 0.717) is 12.6 Å². The standard InChI is InChI=1S/C22H37N5O/c1-3-23-22(25-17-21-6-5-15-28-21)24-16-19-7-9-20(10-8-19)18-27-13-11-26(4-2)12-14-27/h7-10,21H,3-6,11-18H2,1-2H3,(H2,23,24,25). The number of benzene rings is 1. The monoisotopic (exact) mass is 387 g/mol. The maximum Gasteiger partial charge on any atom is 0.191 e. The first-order valence-electron chi connectivity index (χ1n) is 10.9. The van der Waals surface area contributed by atoms with Crippen molar-refractivity contribution in [3.05, 3.63) is 35.4 Å². The van der Waals surface area contributed by atoms with E-state index in [9.17, 15) is 0 Å². The Morgan fingerprint density at radius 3 is 2.39 bits per heavy atom. The largest absolute Gasteiger partial charge is 0.376 e. The van der Waals surface area contributed by atoms with E-state index in [4.69, 9.17) is 9.73 Å². The number of nitrogens with one attached hydrogen (secondary N) is 2. The van der Waals surface area contributed by atoms with E-state index in [-0.39, 0.29) is 0 Å². The number of nitrogens with zero attached hydrogens (tertiary/aromatic N) is 3. The summed E-state index contributed by atoms with van der Waals surface area (Å²) in [5, 5.41) is 6.73. The summed E-state index contributed by atoms with van der Waals surface area (Å²) in [5.41, 5.74) is 2.63. The highest BCUT2D eigenvalue weighted by Crippen LogP contribution is 2.12. The smallest absolute Gasteiger partial charge is 0.191 e. The van der Waals surface area contributed by atoms with E-state index in [2.05, 4.69) is 58.5 Å². The molecular formula is C22H37N5O. The summed E-state index contributed by atoms with van der Waals surface area (Å²) in [6, 6.07) is 8.93. The van der Waals surface area contributed by atoms with Gasteiger partial charge in [0, 0.05) is 52.4 Å². The minimum atomic E-state index is 0.322. The van der Waals surface area contributed by atoms with Gasteiger partial charge in [0.25, 0.3) is 0 Å². The molecule has 0 bridgehead atoms. The van der Waals surface area contributed by atoms with Gasteiger partial charge in [0.1, 0.15) is 0 Å². The quantitative estimate of drug-likeness (QED) is 0.528. The lowest BCUT2D eigenvalue weighted by molar-refractivity contribution is 0.114. The summed E-state index contributed by atoms with van der Waals surface area (Å²) in [6.07, 6.45) is 2.63. The zero-order valence-corrected chi connectivity index (χ0v) is 17.6. The van der Waals surface area contributed by atoms with Crippen molar-refractivity contribution in [1.29, 1.82) is 0 Å². The normalized spacial score (nSPS) is 21.8. The topological polar surface area (TPSA) is 52.1 Å². The minimum absolute atomic E-state index is 0.322. The molecule has 1 unspecified atom stereocenters. The molecule has 0 radical (unpaired) electrons. The number of aliphatic imine (C=N–C) groups is 1. The molecule has 2 N–H and O–H groups in total. The minimum Gasteiger partial charge on any atom is -0.376 e. The second-order valence-electron chi connectivity index (χ2n) is 7.74. The second kappa shape index (κ2) is 11.4. The van der Waals surface area contributed by atoms with Crippen LogP contribution in [0.2, 0.25) is 0 Å². The number of rotatable bonds is 8. The fourth-order valence-electron chi connectivity index (χ4n) is 3.80. The van der Waals surface area contributed by atoms with Gasteiger partial charge < -0.3 is 20.3 Å². The molecule has 3 rings (SSSR count). The van der Waals surface area contributed by atoms with Gasteiger partial charge in [0.05, 0.1) is 12.6 Å². The van der Waals surface area contributed by atoms with Gasteiger partial charge in [-0.25, -0.2) is 4.99 Å². The Morgan fingerprint density at radius 2 is 1.75 bits per heavy atom. The molecule has 2 fully saturated rings. The van der Waals surface area contributed by atoms with Crippen molar-refractivity contribution in [2.45, 2.75) is 45.9 Å². The van der Waals surface area contributed by atoms with E-state index in [1.54, 1.807) is 0 Å². The van der Waals surface area contributed by atoms with E-state index in [1.807, 2.05) is 0 Å². The number of likely N-dealkylation sites (N-methyl/N-ethyl adjacent to an activating group) is 1. The maximum absolute atomic E-state index is 5.68. The molecule has 0 aromatic heterocycles. The van der Waals surface area contributed by atoms with Crippen LogP contribution in [0.5, 0.6) is 0 Å². The molecule has 0 aliphatic carbocycles. The molecule has 2 aliphatic rings. The average molecular weight is 388 g/mol. The Hall–Kier alpha value is -1.63. The molecule has 0 spiro atoms. The summed E-state index contributed by atoms with van der Waals surface area (Å²) >= 11 is 0. The highest BCUT2D eigenvalue weighted by atomic mass is 16.5. The molecule has 2 saturated heterocycles. The lowest BCUT2D eigenvalue weighted by Gasteiger charge is -2.34. The van der Waals surface area contributed by atoms with E-state index < -0.39 is 0 Å². The molecular weight excluding hydrogens is 350 g/mol. The van der Waals surface area contributed by atoms with Gasteiger partial charge in [0.15, 0.2) is 5.96 Å². The Labute approximate surface area is 170 Å². The van der Waals surface area contributed by atoms with Gasteiger partial charge >= 0.3 is 0 Å². The first-order valence-corrected chi connectivity index (χ1v) is 10.9. The third kappa shape index (κ3) is 6.76. The first kappa shape index (κ1) is 21.1. The summed E-state index contributed by atoms with van der Waals surface area (Å²) in [5.74, 6) is 0.871. The Kier molecular flexibility index (Phi) is 8.58. The molecule has 6 nitrogen and oxygen atoms in total. The zero-order chi connectivity index (χ0) is 19.6. The highest BCUT2D eigenvalue weighted by Gasteiger charge is 2.16. The van der Waals surface area contributed by atoms with Gasteiger partial charge in [-0.1, -0.05) is 31.2 Å². The van der Waals surface area contributed by atoms with Gasteiger partial charge in [-0.2, -0.15) is 0 Å². The van der Waals surface area contributed by atoms with Crippen LogP contribution in [-0.2, 0) is 17.8 Å². The molecule has 0 amide bonds. The predicted molar refractivity (Wildman–Crippen MR) is 116 cm³/mol. The second-order valence-corrected chi connectivity index (χ2v) is 7.74. The van der Waals surface area contributed by atoms with Crippen LogP contribution >= 0.6 is 0 Å². The fourth-order valence-corrected chi connectivity index (χ4v) is 3.80. The van der Waals surface area contributed by atoms with Crippen molar-refractivity contribution < 1.29 is 4.74 Å². The molecule has 2 heterocycles. The molecule has 6 heteroatoms. The predicted octanol–water partition coefficient (Wildman–Crippen LogP) is 2.06. The number of hydrogen-bond acceptors (Lipinski definition) is 4. The van der Waals surface area contributed by atoms with Gasteiger partial charge in [-0.05, 0) is 37.4 Å². The van der Waals surface area contributed by atoms with E-state index >= 15 is 0 Å². The third-order valence-electron chi connectivity index (χ3n) is 5.63. The molecule has 28 heavy (non-hydrogen) atoms. The molecule has 2 aliphatic heterocycles. The number of guanidine groups is 1. The zero-order valence-electron chi connectivity index (χ0n) is 17.6. The highest BCUT2D eigenvalue weighted by molar-refractivity contribution is 5.79. The molecule has 1 aromatic carbocycles. The van der Waals surface area contributed by atoms with Crippen LogP contribution in [0, 0.1) is 0 Å². The van der Waals surface area contributed by atoms with Crippen LogP contribution in [0.25, 0.3) is 0 Å². The van der Waals surface area contributed by atoms with Crippen LogP contribution in [-0.4, -0.2) is 74.3 Å². The maximum atomic E-state index is 5.68. The van der Waals surface area contributed by atoms with Crippen molar-refractivity contribution in [2.24, 2.45) is 4.99 Å². The Balaban J connectivity index is 1.45.